The van der Waals surface area contributed by atoms with Crippen LogP contribution in [0.5, 0.6) is 5.75 Å². The first-order chi connectivity index (χ1) is 15.6. The van der Waals surface area contributed by atoms with Gasteiger partial charge in [0.25, 0.3) is 5.91 Å². The van der Waals surface area contributed by atoms with Crippen LogP contribution in [-0.2, 0) is 4.79 Å². The highest BCUT2D eigenvalue weighted by atomic mass is 32.1. The zero-order valence-electron chi connectivity index (χ0n) is 17.8. The molecule has 1 saturated heterocycles. The van der Waals surface area contributed by atoms with Gasteiger partial charge in [0.1, 0.15) is 5.75 Å². The minimum atomic E-state index is -0.0947. The number of imidazole rings is 1. The Kier molecular flexibility index (Phi) is 5.53. The maximum atomic E-state index is 12.6. The molecule has 2 aromatic carbocycles. The van der Waals surface area contributed by atoms with Crippen LogP contribution in [0.15, 0.2) is 48.7 Å². The van der Waals surface area contributed by atoms with Gasteiger partial charge in [-0.3, -0.25) is 14.0 Å². The molecular weight excluding hydrogens is 424 g/mol. The molecule has 1 N–H and O–H groups in total. The molecule has 0 bridgehead atoms. The number of benzene rings is 2. The molecule has 5 rings (SSSR count). The van der Waals surface area contributed by atoms with Crippen LogP contribution in [0.4, 0.5) is 0 Å². The number of carbonyl (C=O) groups is 2. The van der Waals surface area contributed by atoms with E-state index in [-0.39, 0.29) is 11.8 Å². The molecular formula is C24H24N4O3S. The summed E-state index contributed by atoms with van der Waals surface area (Å²) in [5, 5.41) is 2.96. The first-order valence-electron chi connectivity index (χ1n) is 10.7. The Bertz CT molecular complexity index is 1310. The van der Waals surface area contributed by atoms with Crippen molar-refractivity contribution < 1.29 is 14.3 Å². The van der Waals surface area contributed by atoms with Crippen LogP contribution in [0.2, 0.25) is 0 Å². The molecule has 2 aromatic heterocycles. The topological polar surface area (TPSA) is 75.9 Å². The van der Waals surface area contributed by atoms with Gasteiger partial charge in [-0.25, -0.2) is 4.98 Å². The largest absolute Gasteiger partial charge is 0.497 e. The number of carbonyl (C=O) groups excluding carboxylic acids is 2. The lowest BCUT2D eigenvalue weighted by atomic mass is 10.1. The van der Waals surface area contributed by atoms with Gasteiger partial charge in [0.2, 0.25) is 5.91 Å². The Morgan fingerprint density at radius 1 is 1.25 bits per heavy atom. The quantitative estimate of drug-likeness (QED) is 0.434. The van der Waals surface area contributed by atoms with Crippen LogP contribution >= 0.6 is 11.3 Å². The van der Waals surface area contributed by atoms with E-state index in [2.05, 4.69) is 9.72 Å². The smallest absolute Gasteiger partial charge is 0.251 e. The van der Waals surface area contributed by atoms with Crippen molar-refractivity contribution in [1.29, 1.82) is 0 Å². The van der Waals surface area contributed by atoms with Gasteiger partial charge in [0, 0.05) is 43.4 Å². The Labute approximate surface area is 189 Å². The fourth-order valence-electron chi connectivity index (χ4n) is 4.08. The number of nitrogens with zero attached hydrogens (tertiary/aromatic N) is 3. The zero-order chi connectivity index (χ0) is 22.1. The van der Waals surface area contributed by atoms with Crippen molar-refractivity contribution in [2.24, 2.45) is 0 Å². The Morgan fingerprint density at radius 3 is 2.97 bits per heavy atom. The van der Waals surface area contributed by atoms with Crippen molar-refractivity contribution >= 4 is 38.3 Å². The van der Waals surface area contributed by atoms with Crippen LogP contribution in [0.1, 0.15) is 29.6 Å². The van der Waals surface area contributed by atoms with E-state index >= 15 is 0 Å². The van der Waals surface area contributed by atoms with Crippen molar-refractivity contribution in [3.63, 3.8) is 0 Å². The standard InChI is InChI=1S/C24H24N4O3S/c1-31-18-6-2-5-16(13-18)19-15-28-20-9-8-17(14-21(20)32-24(28)26-19)23(30)25-10-4-12-27-11-3-7-22(27)29/h2,5-6,8-9,13-15H,3-4,7,10-12H2,1H3,(H,25,30). The Morgan fingerprint density at radius 2 is 2.16 bits per heavy atom. The van der Waals surface area contributed by atoms with Crippen molar-refractivity contribution in [2.45, 2.75) is 19.3 Å². The van der Waals surface area contributed by atoms with E-state index in [1.807, 2.05) is 53.6 Å². The van der Waals surface area contributed by atoms with Gasteiger partial charge in [-0.2, -0.15) is 0 Å². The molecule has 1 fully saturated rings. The second kappa shape index (κ2) is 8.63. The summed E-state index contributed by atoms with van der Waals surface area (Å²) >= 11 is 1.56. The van der Waals surface area contributed by atoms with E-state index < -0.39 is 0 Å². The second-order valence-electron chi connectivity index (χ2n) is 7.89. The molecule has 7 nitrogen and oxygen atoms in total. The molecule has 0 atom stereocenters. The predicted molar refractivity (Wildman–Crippen MR) is 125 cm³/mol. The van der Waals surface area contributed by atoms with E-state index in [0.29, 0.717) is 25.1 Å². The predicted octanol–water partition coefficient (Wildman–Crippen LogP) is 3.97. The zero-order valence-corrected chi connectivity index (χ0v) is 18.7. The first kappa shape index (κ1) is 20.5. The van der Waals surface area contributed by atoms with Crippen molar-refractivity contribution in [1.82, 2.24) is 19.6 Å². The lowest BCUT2D eigenvalue weighted by Crippen LogP contribution is -2.30. The normalized spacial score (nSPS) is 13.9. The molecule has 3 heterocycles. The molecule has 1 aliphatic rings. The maximum absolute atomic E-state index is 12.6. The number of likely N-dealkylation sites (tertiary alicyclic amines) is 1. The number of hydrogen-bond donors (Lipinski definition) is 1. The van der Waals surface area contributed by atoms with Gasteiger partial charge in [0.05, 0.1) is 23.0 Å². The molecule has 1 aliphatic heterocycles. The Hall–Kier alpha value is -3.39. The van der Waals surface area contributed by atoms with E-state index in [0.717, 1.165) is 51.6 Å². The summed E-state index contributed by atoms with van der Waals surface area (Å²) in [7, 11) is 1.65. The molecule has 2 amide bonds. The summed E-state index contributed by atoms with van der Waals surface area (Å²) in [6.07, 6.45) is 4.37. The highest BCUT2D eigenvalue weighted by Crippen LogP contribution is 2.31. The van der Waals surface area contributed by atoms with Crippen LogP contribution in [0.3, 0.4) is 0 Å². The fraction of sp³-hybridized carbons (Fsp3) is 0.292. The highest BCUT2D eigenvalue weighted by Gasteiger charge is 2.19. The average molecular weight is 449 g/mol. The highest BCUT2D eigenvalue weighted by molar-refractivity contribution is 7.23. The van der Waals surface area contributed by atoms with Crippen molar-refractivity contribution in [3.05, 3.63) is 54.2 Å². The van der Waals surface area contributed by atoms with Gasteiger partial charge in [0.15, 0.2) is 4.96 Å². The van der Waals surface area contributed by atoms with Gasteiger partial charge < -0.3 is 15.0 Å². The molecule has 0 spiro atoms. The van der Waals surface area contributed by atoms with E-state index in [1.165, 1.54) is 0 Å². The molecule has 4 aromatic rings. The van der Waals surface area contributed by atoms with Crippen molar-refractivity contribution in [2.75, 3.05) is 26.7 Å². The lowest BCUT2D eigenvalue weighted by molar-refractivity contribution is -0.127. The van der Waals surface area contributed by atoms with Crippen molar-refractivity contribution in [3.8, 4) is 17.0 Å². The van der Waals surface area contributed by atoms with Gasteiger partial charge >= 0.3 is 0 Å². The molecule has 164 valence electrons. The third kappa shape index (κ3) is 3.93. The van der Waals surface area contributed by atoms with Crippen LogP contribution in [0, 0.1) is 0 Å². The molecule has 0 aliphatic carbocycles. The number of rotatable bonds is 7. The van der Waals surface area contributed by atoms with Crippen LogP contribution in [-0.4, -0.2) is 52.8 Å². The van der Waals surface area contributed by atoms with Crippen LogP contribution < -0.4 is 10.1 Å². The summed E-state index contributed by atoms with van der Waals surface area (Å²) in [4.78, 5) is 31.8. The monoisotopic (exact) mass is 448 g/mol. The molecule has 0 unspecified atom stereocenters. The minimum absolute atomic E-state index is 0.0947. The summed E-state index contributed by atoms with van der Waals surface area (Å²) < 4.78 is 8.39. The average Bonchev–Trinajstić information content (AvgIpc) is 3.50. The third-order valence-electron chi connectivity index (χ3n) is 5.78. The van der Waals surface area contributed by atoms with Gasteiger partial charge in [-0.15, -0.1) is 0 Å². The lowest BCUT2D eigenvalue weighted by Gasteiger charge is -2.15. The molecule has 0 saturated carbocycles. The van der Waals surface area contributed by atoms with Gasteiger partial charge in [-0.1, -0.05) is 23.5 Å². The fourth-order valence-corrected chi connectivity index (χ4v) is 5.13. The maximum Gasteiger partial charge on any atom is 0.251 e. The number of amides is 2. The first-order valence-corrected chi connectivity index (χ1v) is 11.6. The summed E-state index contributed by atoms with van der Waals surface area (Å²) in [5.74, 6) is 0.924. The number of thiazole rings is 1. The number of aromatic nitrogens is 2. The molecule has 32 heavy (non-hydrogen) atoms. The molecule has 0 radical (unpaired) electrons. The molecule has 8 heteroatoms. The van der Waals surface area contributed by atoms with E-state index in [9.17, 15) is 9.59 Å². The summed E-state index contributed by atoms with van der Waals surface area (Å²) in [6.45, 7) is 2.09. The van der Waals surface area contributed by atoms with E-state index in [1.54, 1.807) is 18.4 Å². The number of nitrogens with one attached hydrogen (secondary N) is 1. The number of methoxy groups -OCH3 is 1. The summed E-state index contributed by atoms with van der Waals surface area (Å²) in [5.41, 5.74) is 3.54. The SMILES string of the molecule is COc1cccc(-c2cn3c(n2)sc2cc(C(=O)NCCCN4CCCC4=O)ccc23)c1. The van der Waals surface area contributed by atoms with E-state index in [4.69, 9.17) is 9.72 Å². The Balaban J connectivity index is 1.28. The third-order valence-corrected chi connectivity index (χ3v) is 6.80. The number of hydrogen-bond acceptors (Lipinski definition) is 5. The summed E-state index contributed by atoms with van der Waals surface area (Å²) in [6, 6.07) is 13.6. The minimum Gasteiger partial charge on any atom is -0.497 e. The number of fused-ring (bicyclic) bond motifs is 3. The van der Waals surface area contributed by atoms with Crippen LogP contribution in [0.25, 0.3) is 26.4 Å². The number of ether oxygens (including phenoxy) is 1. The van der Waals surface area contributed by atoms with Gasteiger partial charge in [-0.05, 0) is 43.2 Å². The second-order valence-corrected chi connectivity index (χ2v) is 8.90.